The van der Waals surface area contributed by atoms with E-state index in [4.69, 9.17) is 4.74 Å². The Hall–Kier alpha value is -1.26. The van der Waals surface area contributed by atoms with Crippen LogP contribution in [0, 0.1) is 5.92 Å². The molecule has 3 unspecified atom stereocenters. The van der Waals surface area contributed by atoms with Crippen molar-refractivity contribution in [3.8, 4) is 5.75 Å². The van der Waals surface area contributed by atoms with Crippen LogP contribution in [0.2, 0.25) is 0 Å². The van der Waals surface area contributed by atoms with Crippen molar-refractivity contribution in [2.75, 3.05) is 7.11 Å². The van der Waals surface area contributed by atoms with Gasteiger partial charge >= 0.3 is 0 Å². The van der Waals surface area contributed by atoms with E-state index in [0.717, 1.165) is 24.2 Å². The van der Waals surface area contributed by atoms with Gasteiger partial charge in [-0.15, -0.1) is 12.4 Å². The average molecular weight is 339 g/mol. The zero-order valence-corrected chi connectivity index (χ0v) is 14.7. The lowest BCUT2D eigenvalue weighted by Gasteiger charge is -2.29. The van der Waals surface area contributed by atoms with Crippen LogP contribution < -0.4 is 15.4 Å². The van der Waals surface area contributed by atoms with Gasteiger partial charge in [0.05, 0.1) is 13.2 Å². The molecule has 0 saturated carbocycles. The molecule has 1 aromatic carbocycles. The number of piperidine rings is 1. The highest BCUT2D eigenvalue weighted by Gasteiger charge is 2.34. The summed E-state index contributed by atoms with van der Waals surface area (Å²) < 4.78 is 5.24. The van der Waals surface area contributed by atoms with Crippen molar-refractivity contribution in [1.29, 1.82) is 0 Å². The number of ether oxygens (including phenoxy) is 1. The van der Waals surface area contributed by atoms with Gasteiger partial charge in [0, 0.05) is 18.5 Å². The lowest BCUT2D eigenvalue weighted by Crippen LogP contribution is -2.40. The highest BCUT2D eigenvalue weighted by molar-refractivity contribution is 5.85. The molecule has 2 bridgehead atoms. The quantitative estimate of drug-likeness (QED) is 0.866. The number of fused-ring (bicyclic) bond motifs is 2. The maximum Gasteiger partial charge on any atom is 0.220 e. The SMILES string of the molecule is COc1cccc(C(C)NC(=O)CC2CC3CCC(C2)N3)c1.Cl. The number of benzene rings is 1. The van der Waals surface area contributed by atoms with Gasteiger partial charge in [-0.3, -0.25) is 4.79 Å². The molecule has 1 aromatic rings. The lowest BCUT2D eigenvalue weighted by atomic mass is 9.89. The van der Waals surface area contributed by atoms with E-state index in [1.54, 1.807) is 7.11 Å². The molecule has 128 valence electrons. The van der Waals surface area contributed by atoms with E-state index in [2.05, 4.69) is 10.6 Å². The molecule has 4 nitrogen and oxygen atoms in total. The number of hydrogen-bond acceptors (Lipinski definition) is 3. The smallest absolute Gasteiger partial charge is 0.220 e. The molecule has 5 heteroatoms. The predicted molar refractivity (Wildman–Crippen MR) is 94.1 cm³/mol. The third kappa shape index (κ3) is 4.61. The first kappa shape index (κ1) is 18.1. The van der Waals surface area contributed by atoms with Gasteiger partial charge in [0.25, 0.3) is 0 Å². The second-order valence-corrected chi connectivity index (χ2v) is 6.75. The van der Waals surface area contributed by atoms with Gasteiger partial charge < -0.3 is 15.4 Å². The van der Waals surface area contributed by atoms with Gasteiger partial charge in [0.1, 0.15) is 5.75 Å². The summed E-state index contributed by atoms with van der Waals surface area (Å²) in [5.41, 5.74) is 1.08. The average Bonchev–Trinajstić information content (AvgIpc) is 2.86. The number of methoxy groups -OCH3 is 1. The van der Waals surface area contributed by atoms with Crippen LogP contribution in [0.1, 0.15) is 50.6 Å². The Balaban J connectivity index is 0.00000192. The molecule has 23 heavy (non-hydrogen) atoms. The predicted octanol–water partition coefficient (Wildman–Crippen LogP) is 3.21. The number of hydrogen-bond donors (Lipinski definition) is 2. The van der Waals surface area contributed by atoms with Crippen molar-refractivity contribution in [2.45, 2.75) is 57.2 Å². The summed E-state index contributed by atoms with van der Waals surface area (Å²) in [5.74, 6) is 1.53. The molecule has 3 atom stereocenters. The van der Waals surface area contributed by atoms with Gasteiger partial charge in [0.15, 0.2) is 0 Å². The minimum absolute atomic E-state index is 0. The molecule has 3 rings (SSSR count). The van der Waals surface area contributed by atoms with Gasteiger partial charge in [-0.2, -0.15) is 0 Å². The van der Waals surface area contributed by atoms with Crippen molar-refractivity contribution in [3.05, 3.63) is 29.8 Å². The highest BCUT2D eigenvalue weighted by atomic mass is 35.5. The zero-order valence-electron chi connectivity index (χ0n) is 13.9. The number of rotatable bonds is 5. The summed E-state index contributed by atoms with van der Waals surface area (Å²) in [6, 6.07) is 9.19. The van der Waals surface area contributed by atoms with E-state index in [-0.39, 0.29) is 24.4 Å². The van der Waals surface area contributed by atoms with E-state index in [1.807, 2.05) is 31.2 Å². The Bertz CT molecular complexity index is 526. The number of halogens is 1. The third-order valence-electron chi connectivity index (χ3n) is 5.02. The highest BCUT2D eigenvalue weighted by Crippen LogP contribution is 2.32. The Morgan fingerprint density at radius 1 is 1.35 bits per heavy atom. The normalized spacial score (nSPS) is 27.0. The fourth-order valence-corrected chi connectivity index (χ4v) is 3.90. The molecular formula is C18H27ClN2O2. The third-order valence-corrected chi connectivity index (χ3v) is 5.02. The summed E-state index contributed by atoms with van der Waals surface area (Å²) in [5, 5.41) is 6.76. The Morgan fingerprint density at radius 2 is 2.04 bits per heavy atom. The molecular weight excluding hydrogens is 312 g/mol. The standard InChI is InChI=1S/C18H26N2O2.ClH/c1-12(14-4-3-5-17(11-14)22-2)19-18(21)10-13-8-15-6-7-16(9-13)20-15;/h3-5,11-13,15-16,20H,6-10H2,1-2H3,(H,19,21);1H. The zero-order chi connectivity index (χ0) is 15.5. The number of nitrogens with one attached hydrogen (secondary N) is 2. The van der Waals surface area contributed by atoms with Crippen LogP contribution in [-0.4, -0.2) is 25.1 Å². The number of amides is 1. The first-order valence-corrected chi connectivity index (χ1v) is 8.33. The molecule has 0 aromatic heterocycles. The van der Waals surface area contributed by atoms with E-state index in [9.17, 15) is 4.79 Å². The van der Waals surface area contributed by atoms with E-state index in [0.29, 0.717) is 24.4 Å². The number of carbonyl (C=O) groups is 1. The Kier molecular flexibility index (Phi) is 6.31. The topological polar surface area (TPSA) is 50.4 Å². The van der Waals surface area contributed by atoms with Crippen molar-refractivity contribution in [3.63, 3.8) is 0 Å². The molecule has 2 saturated heterocycles. The van der Waals surface area contributed by atoms with Crippen molar-refractivity contribution >= 4 is 18.3 Å². The Morgan fingerprint density at radius 3 is 2.70 bits per heavy atom. The van der Waals surface area contributed by atoms with Crippen LogP contribution >= 0.6 is 12.4 Å². The van der Waals surface area contributed by atoms with Crippen LogP contribution in [0.3, 0.4) is 0 Å². The van der Waals surface area contributed by atoms with E-state index in [1.165, 1.54) is 12.8 Å². The van der Waals surface area contributed by atoms with Gasteiger partial charge in [0.2, 0.25) is 5.91 Å². The maximum absolute atomic E-state index is 12.3. The second kappa shape index (κ2) is 8.02. The molecule has 0 radical (unpaired) electrons. The summed E-state index contributed by atoms with van der Waals surface area (Å²) >= 11 is 0. The fourth-order valence-electron chi connectivity index (χ4n) is 3.90. The molecule has 0 spiro atoms. The summed E-state index contributed by atoms with van der Waals surface area (Å²) in [4.78, 5) is 12.3. The first-order valence-electron chi connectivity index (χ1n) is 8.33. The minimum atomic E-state index is 0. The molecule has 1 amide bonds. The number of carbonyl (C=O) groups excluding carboxylic acids is 1. The lowest BCUT2D eigenvalue weighted by molar-refractivity contribution is -0.122. The minimum Gasteiger partial charge on any atom is -0.497 e. The summed E-state index contributed by atoms with van der Waals surface area (Å²) in [7, 11) is 1.66. The van der Waals surface area contributed by atoms with Crippen molar-refractivity contribution in [2.24, 2.45) is 5.92 Å². The molecule has 0 aliphatic carbocycles. The summed E-state index contributed by atoms with van der Waals surface area (Å²) in [6.07, 6.45) is 5.52. The van der Waals surface area contributed by atoms with Crippen LogP contribution in [0.25, 0.3) is 0 Å². The summed E-state index contributed by atoms with van der Waals surface area (Å²) in [6.45, 7) is 2.03. The van der Waals surface area contributed by atoms with Gasteiger partial charge in [-0.05, 0) is 56.2 Å². The molecule has 2 N–H and O–H groups in total. The first-order chi connectivity index (χ1) is 10.6. The van der Waals surface area contributed by atoms with Gasteiger partial charge in [-0.25, -0.2) is 0 Å². The molecule has 2 aliphatic heterocycles. The van der Waals surface area contributed by atoms with E-state index >= 15 is 0 Å². The maximum atomic E-state index is 12.3. The largest absolute Gasteiger partial charge is 0.497 e. The second-order valence-electron chi connectivity index (χ2n) is 6.75. The van der Waals surface area contributed by atoms with Crippen LogP contribution in [0.4, 0.5) is 0 Å². The van der Waals surface area contributed by atoms with Crippen LogP contribution in [-0.2, 0) is 4.79 Å². The van der Waals surface area contributed by atoms with Crippen molar-refractivity contribution in [1.82, 2.24) is 10.6 Å². The monoisotopic (exact) mass is 338 g/mol. The molecule has 2 aliphatic rings. The van der Waals surface area contributed by atoms with Crippen molar-refractivity contribution < 1.29 is 9.53 Å². The van der Waals surface area contributed by atoms with Crippen LogP contribution in [0.15, 0.2) is 24.3 Å². The molecule has 2 fully saturated rings. The van der Waals surface area contributed by atoms with Gasteiger partial charge in [-0.1, -0.05) is 12.1 Å². The van der Waals surface area contributed by atoms with E-state index < -0.39 is 0 Å². The fraction of sp³-hybridized carbons (Fsp3) is 0.611. The molecule has 2 heterocycles. The van der Waals surface area contributed by atoms with Crippen LogP contribution in [0.5, 0.6) is 5.75 Å². The Labute approximate surface area is 144 Å².